The molecule has 1 aliphatic heterocycles. The molecule has 2 unspecified atom stereocenters. The van der Waals surface area contributed by atoms with Gasteiger partial charge in [0, 0.05) is 20.8 Å². The average Bonchev–Trinajstić information content (AvgIpc) is 2.75. The van der Waals surface area contributed by atoms with Crippen molar-refractivity contribution in [3.05, 3.63) is 20.8 Å². The van der Waals surface area contributed by atoms with Crippen LogP contribution in [0.2, 0.25) is 0 Å². The van der Waals surface area contributed by atoms with Gasteiger partial charge in [0.15, 0.2) is 0 Å². The average molecular weight is 359 g/mol. The molecule has 0 amide bonds. The predicted octanol–water partition coefficient (Wildman–Crippen LogP) is 4.66. The molecule has 0 aromatic carbocycles. The molecule has 1 aromatic rings. The molecule has 20 heavy (non-hydrogen) atoms. The highest BCUT2D eigenvalue weighted by Gasteiger charge is 2.33. The smallest absolute Gasteiger partial charge is 0.0591 e. The molecule has 0 bridgehead atoms. The summed E-state index contributed by atoms with van der Waals surface area (Å²) < 4.78 is 1.17. The maximum absolute atomic E-state index is 6.28. The van der Waals surface area contributed by atoms with E-state index in [1.54, 1.807) is 0 Å². The molecule has 1 fully saturated rings. The third-order valence-corrected chi connectivity index (χ3v) is 6.29. The van der Waals surface area contributed by atoms with Crippen LogP contribution in [0.4, 0.5) is 0 Å². The van der Waals surface area contributed by atoms with E-state index in [0.717, 1.165) is 5.92 Å². The van der Waals surface area contributed by atoms with Crippen LogP contribution < -0.4 is 5.73 Å². The summed E-state index contributed by atoms with van der Waals surface area (Å²) >= 11 is 5.38. The maximum Gasteiger partial charge on any atom is 0.0591 e. The van der Waals surface area contributed by atoms with E-state index in [9.17, 15) is 0 Å². The first-order valence-corrected chi connectivity index (χ1v) is 9.20. The minimum atomic E-state index is 0.173. The highest BCUT2D eigenvalue weighted by Crippen LogP contribution is 2.38. The zero-order chi connectivity index (χ0) is 14.9. The molecule has 2 nitrogen and oxygen atoms in total. The predicted molar refractivity (Wildman–Crippen MR) is 92.2 cm³/mol. The lowest BCUT2D eigenvalue weighted by Crippen LogP contribution is -2.45. The molecule has 0 aliphatic carbocycles. The van der Waals surface area contributed by atoms with E-state index in [-0.39, 0.29) is 6.04 Å². The fraction of sp³-hybridized carbons (Fsp3) is 0.750. The lowest BCUT2D eigenvalue weighted by molar-refractivity contribution is 0.0761. The monoisotopic (exact) mass is 358 g/mol. The van der Waals surface area contributed by atoms with Crippen LogP contribution in [-0.4, -0.2) is 24.0 Å². The van der Waals surface area contributed by atoms with Crippen molar-refractivity contribution in [3.63, 3.8) is 0 Å². The van der Waals surface area contributed by atoms with E-state index in [0.29, 0.717) is 11.5 Å². The first kappa shape index (κ1) is 16.5. The molecule has 1 aliphatic rings. The van der Waals surface area contributed by atoms with Crippen molar-refractivity contribution in [2.45, 2.75) is 52.6 Å². The van der Waals surface area contributed by atoms with Gasteiger partial charge in [-0.25, -0.2) is 0 Å². The number of nitrogens with two attached hydrogens (primary N) is 1. The summed E-state index contributed by atoms with van der Waals surface area (Å²) in [5.74, 6) is 0.836. The van der Waals surface area contributed by atoms with E-state index in [2.05, 4.69) is 60.0 Å². The van der Waals surface area contributed by atoms with Gasteiger partial charge in [0.2, 0.25) is 0 Å². The van der Waals surface area contributed by atoms with Gasteiger partial charge in [-0.2, -0.15) is 0 Å². The van der Waals surface area contributed by atoms with Crippen LogP contribution in [0.15, 0.2) is 15.9 Å². The Morgan fingerprint density at radius 1 is 1.35 bits per heavy atom. The van der Waals surface area contributed by atoms with E-state index < -0.39 is 0 Å². The molecular formula is C16H27BrN2S. The van der Waals surface area contributed by atoms with E-state index in [1.807, 2.05) is 11.3 Å². The Bertz CT molecular complexity index is 428. The molecule has 2 atom stereocenters. The molecule has 0 spiro atoms. The number of hydrogen-bond acceptors (Lipinski definition) is 3. The van der Waals surface area contributed by atoms with Crippen molar-refractivity contribution in [3.8, 4) is 0 Å². The van der Waals surface area contributed by atoms with Gasteiger partial charge < -0.3 is 5.73 Å². The van der Waals surface area contributed by atoms with Gasteiger partial charge in [0.1, 0.15) is 0 Å². The number of rotatable bonds is 3. The maximum atomic E-state index is 6.28. The van der Waals surface area contributed by atoms with Gasteiger partial charge in [-0.1, -0.05) is 20.8 Å². The van der Waals surface area contributed by atoms with Crippen LogP contribution in [0, 0.1) is 11.3 Å². The first-order chi connectivity index (χ1) is 9.29. The van der Waals surface area contributed by atoms with Gasteiger partial charge in [-0.05, 0) is 66.2 Å². The first-order valence-electron chi connectivity index (χ1n) is 7.52. The lowest BCUT2D eigenvalue weighted by Gasteiger charge is -2.42. The van der Waals surface area contributed by atoms with Gasteiger partial charge >= 0.3 is 0 Å². The standard InChI is InChI=1S/C16H27BrN2S/c1-11(18)15(14-9-13(17)10-20-14)19-7-5-12(6-8-19)16(2,3)4/h9-12,15H,5-8,18H2,1-4H3. The van der Waals surface area contributed by atoms with Gasteiger partial charge in [-0.15, -0.1) is 11.3 Å². The summed E-state index contributed by atoms with van der Waals surface area (Å²) in [6.07, 6.45) is 2.58. The third kappa shape index (κ3) is 3.85. The van der Waals surface area contributed by atoms with Crippen molar-refractivity contribution in [2.75, 3.05) is 13.1 Å². The fourth-order valence-corrected chi connectivity index (χ4v) is 4.99. The quantitative estimate of drug-likeness (QED) is 0.851. The third-order valence-electron chi connectivity index (χ3n) is 4.52. The Morgan fingerprint density at radius 3 is 2.35 bits per heavy atom. The molecule has 2 heterocycles. The van der Waals surface area contributed by atoms with E-state index in [4.69, 9.17) is 5.73 Å². The van der Waals surface area contributed by atoms with Crippen molar-refractivity contribution in [1.82, 2.24) is 4.90 Å². The number of likely N-dealkylation sites (tertiary alicyclic amines) is 1. The summed E-state index contributed by atoms with van der Waals surface area (Å²) in [6.45, 7) is 11.6. The number of hydrogen-bond donors (Lipinski definition) is 1. The van der Waals surface area contributed by atoms with Gasteiger partial charge in [0.05, 0.1) is 6.04 Å². The minimum Gasteiger partial charge on any atom is -0.326 e. The number of halogens is 1. The molecule has 4 heteroatoms. The Morgan fingerprint density at radius 2 is 1.95 bits per heavy atom. The highest BCUT2D eigenvalue weighted by molar-refractivity contribution is 9.10. The second-order valence-electron chi connectivity index (χ2n) is 7.15. The van der Waals surface area contributed by atoms with Crippen molar-refractivity contribution < 1.29 is 0 Å². The van der Waals surface area contributed by atoms with Gasteiger partial charge in [0.25, 0.3) is 0 Å². The summed E-state index contributed by atoms with van der Waals surface area (Å²) in [6, 6.07) is 2.77. The molecule has 1 aromatic heterocycles. The number of nitrogens with zero attached hydrogens (tertiary/aromatic N) is 1. The molecule has 1 saturated heterocycles. The van der Waals surface area contributed by atoms with E-state index >= 15 is 0 Å². The number of piperidine rings is 1. The topological polar surface area (TPSA) is 29.3 Å². The van der Waals surface area contributed by atoms with Crippen LogP contribution >= 0.6 is 27.3 Å². The van der Waals surface area contributed by atoms with Crippen LogP contribution in [0.25, 0.3) is 0 Å². The Balaban J connectivity index is 2.06. The van der Waals surface area contributed by atoms with Crippen LogP contribution in [-0.2, 0) is 0 Å². The number of thiophene rings is 1. The summed E-state index contributed by atoms with van der Waals surface area (Å²) in [7, 11) is 0. The van der Waals surface area contributed by atoms with Gasteiger partial charge in [-0.3, -0.25) is 4.90 Å². The summed E-state index contributed by atoms with van der Waals surface area (Å²) in [5.41, 5.74) is 6.71. The van der Waals surface area contributed by atoms with Crippen LogP contribution in [0.5, 0.6) is 0 Å². The highest BCUT2D eigenvalue weighted by atomic mass is 79.9. The van der Waals surface area contributed by atoms with Crippen LogP contribution in [0.1, 0.15) is 51.5 Å². The largest absolute Gasteiger partial charge is 0.326 e. The summed E-state index contributed by atoms with van der Waals surface area (Å²) in [4.78, 5) is 3.98. The normalized spacial score (nSPS) is 21.9. The Kier molecular flexibility index (Phi) is 5.33. The van der Waals surface area contributed by atoms with Crippen molar-refractivity contribution >= 4 is 27.3 Å². The summed E-state index contributed by atoms with van der Waals surface area (Å²) in [5, 5.41) is 2.16. The van der Waals surface area contributed by atoms with Crippen molar-refractivity contribution in [1.29, 1.82) is 0 Å². The molecule has 0 saturated carbocycles. The molecule has 0 radical (unpaired) electrons. The zero-order valence-corrected chi connectivity index (χ0v) is 15.4. The van der Waals surface area contributed by atoms with Crippen molar-refractivity contribution in [2.24, 2.45) is 17.1 Å². The molecule has 114 valence electrons. The second-order valence-corrected chi connectivity index (χ2v) is 9.01. The molecular weight excluding hydrogens is 332 g/mol. The Hall–Kier alpha value is 0.1000. The second kappa shape index (κ2) is 6.47. The molecule has 2 rings (SSSR count). The van der Waals surface area contributed by atoms with Crippen LogP contribution in [0.3, 0.4) is 0 Å². The SMILES string of the molecule is CC(N)C(c1cc(Br)cs1)N1CCC(C(C)(C)C)CC1. The molecule has 2 N–H and O–H groups in total. The fourth-order valence-electron chi connectivity index (χ4n) is 3.30. The minimum absolute atomic E-state index is 0.173. The Labute approximate surface area is 135 Å². The zero-order valence-electron chi connectivity index (χ0n) is 13.0. The van der Waals surface area contributed by atoms with E-state index in [1.165, 1.54) is 35.3 Å². The lowest BCUT2D eigenvalue weighted by atomic mass is 9.75.